The molecule has 1 N–H and O–H groups in total. The first-order valence-electron chi connectivity index (χ1n) is 6.24. The highest BCUT2D eigenvalue weighted by atomic mass is 16.3. The topological polar surface area (TPSA) is 20.2 Å². The fourth-order valence-electron chi connectivity index (χ4n) is 3.40. The van der Waals surface area contributed by atoms with Crippen LogP contribution in [0.15, 0.2) is 0 Å². The van der Waals surface area contributed by atoms with E-state index in [4.69, 9.17) is 0 Å². The van der Waals surface area contributed by atoms with Gasteiger partial charge in [0.15, 0.2) is 0 Å². The van der Waals surface area contributed by atoms with Crippen LogP contribution >= 0.6 is 0 Å². The zero-order valence-corrected chi connectivity index (χ0v) is 9.79. The third kappa shape index (κ3) is 1.84. The van der Waals surface area contributed by atoms with Crippen molar-refractivity contribution in [3.05, 3.63) is 0 Å². The van der Waals surface area contributed by atoms with E-state index in [2.05, 4.69) is 20.8 Å². The number of hydrogen-bond donors (Lipinski definition) is 1. The first kappa shape index (κ1) is 10.5. The van der Waals surface area contributed by atoms with Gasteiger partial charge in [-0.15, -0.1) is 0 Å². The molecule has 2 fully saturated rings. The minimum absolute atomic E-state index is 0.367. The molecule has 0 aliphatic heterocycles. The standard InChI is InChI=1S/C13H24O/c1-9-5-4-6-11(7-9)13(3,14)12-8-10(12)2/h9-12,14H,4-8H2,1-3H3. The number of hydrogen-bond acceptors (Lipinski definition) is 1. The fraction of sp³-hybridized carbons (Fsp3) is 1.00. The Morgan fingerprint density at radius 1 is 1.14 bits per heavy atom. The van der Waals surface area contributed by atoms with E-state index in [0.717, 1.165) is 11.8 Å². The van der Waals surface area contributed by atoms with Gasteiger partial charge < -0.3 is 5.11 Å². The summed E-state index contributed by atoms with van der Waals surface area (Å²) in [6, 6.07) is 0. The largest absolute Gasteiger partial charge is 0.390 e. The summed E-state index contributed by atoms with van der Waals surface area (Å²) in [7, 11) is 0. The average molecular weight is 196 g/mol. The summed E-state index contributed by atoms with van der Waals surface area (Å²) >= 11 is 0. The van der Waals surface area contributed by atoms with Crippen LogP contribution < -0.4 is 0 Å². The molecule has 0 bridgehead atoms. The lowest BCUT2D eigenvalue weighted by atomic mass is 9.72. The van der Waals surface area contributed by atoms with Crippen LogP contribution in [0.25, 0.3) is 0 Å². The normalized spacial score (nSPS) is 47.1. The third-order valence-corrected chi connectivity index (χ3v) is 4.62. The van der Waals surface area contributed by atoms with Gasteiger partial charge in [-0.05, 0) is 49.9 Å². The van der Waals surface area contributed by atoms with Crippen LogP contribution in [0.4, 0.5) is 0 Å². The molecule has 82 valence electrons. The highest BCUT2D eigenvalue weighted by Crippen LogP contribution is 2.52. The van der Waals surface area contributed by atoms with E-state index in [1.807, 2.05) is 0 Å². The average Bonchev–Trinajstić information content (AvgIpc) is 2.83. The second kappa shape index (κ2) is 3.52. The van der Waals surface area contributed by atoms with Gasteiger partial charge in [-0.2, -0.15) is 0 Å². The Bertz CT molecular complexity index is 209. The minimum atomic E-state index is -0.367. The fourth-order valence-corrected chi connectivity index (χ4v) is 3.40. The second-order valence-electron chi connectivity index (χ2n) is 6.01. The predicted octanol–water partition coefficient (Wildman–Crippen LogP) is 3.22. The summed E-state index contributed by atoms with van der Waals surface area (Å²) in [6.45, 7) is 6.69. The van der Waals surface area contributed by atoms with E-state index >= 15 is 0 Å². The Morgan fingerprint density at radius 3 is 2.29 bits per heavy atom. The molecule has 2 rings (SSSR count). The van der Waals surface area contributed by atoms with E-state index in [1.165, 1.54) is 32.1 Å². The third-order valence-electron chi connectivity index (χ3n) is 4.62. The molecular weight excluding hydrogens is 172 g/mol. The molecule has 0 radical (unpaired) electrons. The van der Waals surface area contributed by atoms with Crippen molar-refractivity contribution in [1.29, 1.82) is 0 Å². The van der Waals surface area contributed by atoms with Crippen molar-refractivity contribution in [1.82, 2.24) is 0 Å². The van der Waals surface area contributed by atoms with E-state index < -0.39 is 0 Å². The van der Waals surface area contributed by atoms with Gasteiger partial charge in [0.2, 0.25) is 0 Å². The van der Waals surface area contributed by atoms with Gasteiger partial charge in [0.05, 0.1) is 5.60 Å². The Labute approximate surface area is 87.9 Å². The molecule has 5 unspecified atom stereocenters. The van der Waals surface area contributed by atoms with Gasteiger partial charge in [-0.3, -0.25) is 0 Å². The highest BCUT2D eigenvalue weighted by Gasteiger charge is 2.50. The zero-order valence-electron chi connectivity index (χ0n) is 9.79. The summed E-state index contributed by atoms with van der Waals surface area (Å²) < 4.78 is 0. The summed E-state index contributed by atoms with van der Waals surface area (Å²) in [6.07, 6.45) is 6.44. The summed E-state index contributed by atoms with van der Waals surface area (Å²) in [5.41, 5.74) is -0.367. The van der Waals surface area contributed by atoms with Crippen molar-refractivity contribution >= 4 is 0 Å². The predicted molar refractivity (Wildman–Crippen MR) is 59.0 cm³/mol. The van der Waals surface area contributed by atoms with Crippen LogP contribution in [0, 0.1) is 23.7 Å². The first-order valence-corrected chi connectivity index (χ1v) is 6.24. The summed E-state index contributed by atoms with van der Waals surface area (Å²) in [5.74, 6) is 2.76. The van der Waals surface area contributed by atoms with E-state index in [0.29, 0.717) is 11.8 Å². The maximum Gasteiger partial charge on any atom is 0.0678 e. The molecule has 0 aromatic carbocycles. The van der Waals surface area contributed by atoms with Gasteiger partial charge in [-0.1, -0.05) is 26.7 Å². The molecule has 0 aromatic rings. The van der Waals surface area contributed by atoms with Gasteiger partial charge >= 0.3 is 0 Å². The quantitative estimate of drug-likeness (QED) is 0.719. The minimum Gasteiger partial charge on any atom is -0.390 e. The van der Waals surface area contributed by atoms with Crippen molar-refractivity contribution in [2.75, 3.05) is 0 Å². The number of rotatable bonds is 2. The lowest BCUT2D eigenvalue weighted by molar-refractivity contribution is -0.0462. The lowest BCUT2D eigenvalue weighted by Gasteiger charge is -2.38. The van der Waals surface area contributed by atoms with Crippen LogP contribution in [0.5, 0.6) is 0 Å². The van der Waals surface area contributed by atoms with Crippen LogP contribution in [-0.2, 0) is 0 Å². The molecule has 14 heavy (non-hydrogen) atoms. The molecule has 0 spiro atoms. The SMILES string of the molecule is CC1CCCC(C(C)(O)C2CC2C)C1. The smallest absolute Gasteiger partial charge is 0.0678 e. The Balaban J connectivity index is 1.98. The molecule has 0 aromatic heterocycles. The van der Waals surface area contributed by atoms with Crippen LogP contribution in [0.1, 0.15) is 52.9 Å². The molecular formula is C13H24O. The number of aliphatic hydroxyl groups is 1. The van der Waals surface area contributed by atoms with Gasteiger partial charge in [0, 0.05) is 0 Å². The molecule has 5 atom stereocenters. The lowest BCUT2D eigenvalue weighted by Crippen LogP contribution is -2.40. The Morgan fingerprint density at radius 2 is 1.79 bits per heavy atom. The zero-order chi connectivity index (χ0) is 10.3. The monoisotopic (exact) mass is 196 g/mol. The van der Waals surface area contributed by atoms with Gasteiger partial charge in [0.1, 0.15) is 0 Å². The van der Waals surface area contributed by atoms with E-state index in [-0.39, 0.29) is 5.60 Å². The molecule has 1 heteroatoms. The molecule has 2 aliphatic carbocycles. The van der Waals surface area contributed by atoms with Gasteiger partial charge in [0.25, 0.3) is 0 Å². The summed E-state index contributed by atoms with van der Waals surface area (Å²) in [4.78, 5) is 0. The molecule has 0 heterocycles. The van der Waals surface area contributed by atoms with Crippen LogP contribution in [0.3, 0.4) is 0 Å². The Kier molecular flexibility index (Phi) is 2.63. The molecule has 1 nitrogen and oxygen atoms in total. The van der Waals surface area contributed by atoms with Crippen molar-refractivity contribution < 1.29 is 5.11 Å². The Hall–Kier alpha value is -0.0400. The molecule has 0 amide bonds. The highest BCUT2D eigenvalue weighted by molar-refractivity contribution is 5.01. The second-order valence-corrected chi connectivity index (χ2v) is 6.01. The molecule has 2 saturated carbocycles. The van der Waals surface area contributed by atoms with Crippen LogP contribution in [0.2, 0.25) is 0 Å². The van der Waals surface area contributed by atoms with Crippen molar-refractivity contribution in [2.24, 2.45) is 23.7 Å². The van der Waals surface area contributed by atoms with Crippen LogP contribution in [-0.4, -0.2) is 10.7 Å². The van der Waals surface area contributed by atoms with Crippen molar-refractivity contribution in [3.8, 4) is 0 Å². The summed E-state index contributed by atoms with van der Waals surface area (Å²) in [5, 5.41) is 10.6. The maximum absolute atomic E-state index is 10.6. The van der Waals surface area contributed by atoms with Crippen molar-refractivity contribution in [2.45, 2.75) is 58.5 Å². The molecule has 0 saturated heterocycles. The van der Waals surface area contributed by atoms with Crippen molar-refractivity contribution in [3.63, 3.8) is 0 Å². The maximum atomic E-state index is 10.6. The van der Waals surface area contributed by atoms with E-state index in [9.17, 15) is 5.11 Å². The first-order chi connectivity index (χ1) is 6.51. The molecule has 2 aliphatic rings. The van der Waals surface area contributed by atoms with E-state index in [1.54, 1.807) is 0 Å². The van der Waals surface area contributed by atoms with Gasteiger partial charge in [-0.25, -0.2) is 0 Å².